The highest BCUT2D eigenvalue weighted by molar-refractivity contribution is 14.1. The lowest BCUT2D eigenvalue weighted by atomic mass is 10.0. The first-order valence-electron chi connectivity index (χ1n) is 10.8. The third-order valence-electron chi connectivity index (χ3n) is 5.95. The molecule has 4 nitrogen and oxygen atoms in total. The smallest absolute Gasteiger partial charge is 0.271 e. The minimum atomic E-state index is -0.222. The molecule has 1 aromatic heterocycles. The summed E-state index contributed by atoms with van der Waals surface area (Å²) in [6, 6.07) is 30.7. The van der Waals surface area contributed by atoms with E-state index in [4.69, 9.17) is 0 Å². The van der Waals surface area contributed by atoms with E-state index in [2.05, 4.69) is 105 Å². The topological polar surface area (TPSA) is 46.4 Å². The highest BCUT2D eigenvalue weighted by Gasteiger charge is 2.14. The average Bonchev–Trinajstić information content (AvgIpc) is 3.10. The fourth-order valence-corrected chi connectivity index (χ4v) is 4.61. The Bertz CT molecular complexity index is 1490. The molecule has 33 heavy (non-hydrogen) atoms. The van der Waals surface area contributed by atoms with Crippen LogP contribution in [0.1, 0.15) is 27.2 Å². The third-order valence-corrected chi connectivity index (χ3v) is 6.67. The molecule has 0 aliphatic heterocycles. The Balaban J connectivity index is 1.48. The van der Waals surface area contributed by atoms with Crippen LogP contribution in [0.25, 0.3) is 21.7 Å². The molecule has 1 amide bonds. The van der Waals surface area contributed by atoms with E-state index in [1.54, 1.807) is 18.3 Å². The molecule has 162 valence electrons. The molecular formula is C28H22IN3O. The van der Waals surface area contributed by atoms with E-state index >= 15 is 0 Å². The number of halogens is 1. The summed E-state index contributed by atoms with van der Waals surface area (Å²) in [6.45, 7) is 2.87. The zero-order chi connectivity index (χ0) is 22.8. The minimum absolute atomic E-state index is 0.222. The Kier molecular flexibility index (Phi) is 5.96. The van der Waals surface area contributed by atoms with E-state index in [9.17, 15) is 4.79 Å². The van der Waals surface area contributed by atoms with Gasteiger partial charge in [0, 0.05) is 37.8 Å². The highest BCUT2D eigenvalue weighted by atomic mass is 127. The number of fused-ring (bicyclic) bond motifs is 2. The Morgan fingerprint density at radius 3 is 2.42 bits per heavy atom. The van der Waals surface area contributed by atoms with Crippen molar-refractivity contribution in [3.8, 4) is 0 Å². The Labute approximate surface area is 206 Å². The van der Waals surface area contributed by atoms with E-state index in [1.807, 2.05) is 18.2 Å². The first-order valence-corrected chi connectivity index (χ1v) is 11.8. The molecule has 5 aromatic rings. The lowest BCUT2D eigenvalue weighted by Gasteiger charge is -2.11. The summed E-state index contributed by atoms with van der Waals surface area (Å²) in [4.78, 5) is 12.4. The average molecular weight is 543 g/mol. The van der Waals surface area contributed by atoms with Crippen molar-refractivity contribution in [1.82, 2.24) is 9.99 Å². The number of hydrazone groups is 1. The summed E-state index contributed by atoms with van der Waals surface area (Å²) >= 11 is 2.22. The molecule has 0 fully saturated rings. The number of nitrogens with one attached hydrogen (secondary N) is 1. The van der Waals surface area contributed by atoms with Gasteiger partial charge in [-0.1, -0.05) is 60.7 Å². The van der Waals surface area contributed by atoms with Gasteiger partial charge in [0.2, 0.25) is 0 Å². The fourth-order valence-electron chi connectivity index (χ4n) is 4.25. The van der Waals surface area contributed by atoms with Crippen molar-refractivity contribution >= 4 is 56.4 Å². The SMILES string of the molecule is Cc1c(/C=N\NC(=O)c2ccc(I)cc2)c2ccccc2n1Cc1cccc2ccccc12. The molecule has 0 bridgehead atoms. The third kappa shape index (κ3) is 4.28. The van der Waals surface area contributed by atoms with Crippen LogP contribution in [0.2, 0.25) is 0 Å². The molecule has 0 aliphatic rings. The van der Waals surface area contributed by atoms with Gasteiger partial charge >= 0.3 is 0 Å². The molecule has 0 atom stereocenters. The highest BCUT2D eigenvalue weighted by Crippen LogP contribution is 2.27. The van der Waals surface area contributed by atoms with Gasteiger partial charge in [0.25, 0.3) is 5.91 Å². The van der Waals surface area contributed by atoms with Crippen molar-refractivity contribution in [2.45, 2.75) is 13.5 Å². The van der Waals surface area contributed by atoms with Crippen molar-refractivity contribution in [1.29, 1.82) is 0 Å². The van der Waals surface area contributed by atoms with Crippen LogP contribution in [0.5, 0.6) is 0 Å². The number of benzene rings is 4. The Morgan fingerprint density at radius 1 is 0.909 bits per heavy atom. The van der Waals surface area contributed by atoms with Crippen molar-refractivity contribution in [2.24, 2.45) is 5.10 Å². The molecule has 0 saturated heterocycles. The zero-order valence-electron chi connectivity index (χ0n) is 18.1. The van der Waals surface area contributed by atoms with Crippen LogP contribution in [0, 0.1) is 10.5 Å². The number of para-hydroxylation sites is 1. The van der Waals surface area contributed by atoms with Gasteiger partial charge in [0.05, 0.1) is 6.21 Å². The number of carbonyl (C=O) groups excluding carboxylic acids is 1. The number of rotatable bonds is 5. The molecule has 0 saturated carbocycles. The van der Waals surface area contributed by atoms with Crippen molar-refractivity contribution in [3.63, 3.8) is 0 Å². The van der Waals surface area contributed by atoms with Gasteiger partial charge in [-0.25, -0.2) is 5.43 Å². The summed E-state index contributed by atoms with van der Waals surface area (Å²) in [5.41, 5.74) is 7.78. The van der Waals surface area contributed by atoms with Crippen LogP contribution in [0.4, 0.5) is 0 Å². The van der Waals surface area contributed by atoms with Gasteiger partial charge in [-0.05, 0) is 76.2 Å². The maximum absolute atomic E-state index is 12.4. The molecule has 5 rings (SSSR count). The van der Waals surface area contributed by atoms with Crippen molar-refractivity contribution in [2.75, 3.05) is 0 Å². The predicted octanol–water partition coefficient (Wildman–Crippen LogP) is 6.52. The number of nitrogens with zero attached hydrogens (tertiary/aromatic N) is 2. The first-order chi connectivity index (χ1) is 16.1. The number of hydrogen-bond donors (Lipinski definition) is 1. The Morgan fingerprint density at radius 2 is 1.61 bits per heavy atom. The number of hydrogen-bond acceptors (Lipinski definition) is 2. The van der Waals surface area contributed by atoms with E-state index in [0.717, 1.165) is 32.3 Å². The second-order valence-electron chi connectivity index (χ2n) is 7.95. The van der Waals surface area contributed by atoms with Gasteiger partial charge < -0.3 is 4.57 Å². The van der Waals surface area contributed by atoms with Crippen LogP contribution in [0.15, 0.2) is 96.1 Å². The van der Waals surface area contributed by atoms with Gasteiger partial charge in [0.15, 0.2) is 0 Å². The molecular weight excluding hydrogens is 521 g/mol. The Hall–Kier alpha value is -3.45. The molecule has 1 heterocycles. The van der Waals surface area contributed by atoms with E-state index in [1.165, 1.54) is 16.3 Å². The summed E-state index contributed by atoms with van der Waals surface area (Å²) in [5, 5.41) is 7.90. The summed E-state index contributed by atoms with van der Waals surface area (Å²) < 4.78 is 3.40. The maximum atomic E-state index is 12.4. The summed E-state index contributed by atoms with van der Waals surface area (Å²) in [6.07, 6.45) is 1.75. The second-order valence-corrected chi connectivity index (χ2v) is 9.19. The molecule has 0 spiro atoms. The van der Waals surface area contributed by atoms with Crippen LogP contribution >= 0.6 is 22.6 Å². The zero-order valence-corrected chi connectivity index (χ0v) is 20.3. The number of amides is 1. The first kappa shape index (κ1) is 21.4. The van der Waals surface area contributed by atoms with Gasteiger partial charge in [-0.2, -0.15) is 5.10 Å². The van der Waals surface area contributed by atoms with Crippen LogP contribution < -0.4 is 5.43 Å². The normalized spacial score (nSPS) is 11.5. The minimum Gasteiger partial charge on any atom is -0.340 e. The van der Waals surface area contributed by atoms with E-state index in [0.29, 0.717) is 5.56 Å². The second kappa shape index (κ2) is 9.19. The molecule has 0 radical (unpaired) electrons. The van der Waals surface area contributed by atoms with Gasteiger partial charge in [0.1, 0.15) is 0 Å². The van der Waals surface area contributed by atoms with Crippen LogP contribution in [-0.4, -0.2) is 16.7 Å². The number of aromatic nitrogens is 1. The molecule has 0 unspecified atom stereocenters. The van der Waals surface area contributed by atoms with E-state index < -0.39 is 0 Å². The van der Waals surface area contributed by atoms with Crippen molar-refractivity contribution < 1.29 is 4.79 Å². The van der Waals surface area contributed by atoms with E-state index in [-0.39, 0.29) is 5.91 Å². The monoisotopic (exact) mass is 543 g/mol. The quantitative estimate of drug-likeness (QED) is 0.153. The largest absolute Gasteiger partial charge is 0.340 e. The lowest BCUT2D eigenvalue weighted by molar-refractivity contribution is 0.0955. The number of carbonyl (C=O) groups is 1. The maximum Gasteiger partial charge on any atom is 0.271 e. The van der Waals surface area contributed by atoms with Gasteiger partial charge in [-0.15, -0.1) is 0 Å². The van der Waals surface area contributed by atoms with Crippen LogP contribution in [-0.2, 0) is 6.54 Å². The standard InChI is InChI=1S/C28H22IN3O/c1-19-26(17-30-31-28(33)21-13-15-23(29)16-14-21)25-11-4-5-12-27(25)32(19)18-22-9-6-8-20-7-2-3-10-24(20)22/h2-17H,18H2,1H3,(H,31,33)/b30-17-. The predicted molar refractivity (Wildman–Crippen MR) is 144 cm³/mol. The molecule has 1 N–H and O–H groups in total. The summed E-state index contributed by atoms with van der Waals surface area (Å²) in [5.74, 6) is -0.222. The van der Waals surface area contributed by atoms with Crippen molar-refractivity contribution in [3.05, 3.63) is 117 Å². The summed E-state index contributed by atoms with van der Waals surface area (Å²) in [7, 11) is 0. The van der Waals surface area contributed by atoms with Gasteiger partial charge in [-0.3, -0.25) is 4.79 Å². The lowest BCUT2D eigenvalue weighted by Crippen LogP contribution is -2.17. The molecule has 0 aliphatic carbocycles. The van der Waals surface area contributed by atoms with Crippen LogP contribution in [0.3, 0.4) is 0 Å². The molecule has 4 aromatic carbocycles. The fraction of sp³-hybridized carbons (Fsp3) is 0.0714. The molecule has 5 heteroatoms.